The summed E-state index contributed by atoms with van der Waals surface area (Å²) in [7, 11) is 0. The minimum atomic E-state index is -3.15. The SMILES string of the molecule is CCCCCCC/C=C/C(F)(F)c1nc2ccccc2o1. The zero-order valence-electron chi connectivity index (χ0n) is 12.3. The number of halogens is 2. The molecule has 0 aliphatic rings. The van der Waals surface area contributed by atoms with Crippen LogP contribution in [-0.4, -0.2) is 4.98 Å². The van der Waals surface area contributed by atoms with Gasteiger partial charge in [-0.3, -0.25) is 0 Å². The zero-order chi connectivity index (χ0) is 15.1. The maximum atomic E-state index is 14.0. The summed E-state index contributed by atoms with van der Waals surface area (Å²) in [5.74, 6) is -3.69. The predicted octanol–water partition coefficient (Wildman–Crippen LogP) is 5.84. The van der Waals surface area contributed by atoms with Gasteiger partial charge in [0.2, 0.25) is 0 Å². The van der Waals surface area contributed by atoms with Gasteiger partial charge in [-0.05, 0) is 31.1 Å². The minimum Gasteiger partial charge on any atom is -0.435 e. The Morgan fingerprint density at radius 1 is 1.14 bits per heavy atom. The third kappa shape index (κ3) is 4.38. The summed E-state index contributed by atoms with van der Waals surface area (Å²) in [4.78, 5) is 3.86. The molecule has 1 heterocycles. The molecule has 4 heteroatoms. The number of alkyl halides is 2. The molecule has 0 radical (unpaired) electrons. The van der Waals surface area contributed by atoms with Crippen molar-refractivity contribution < 1.29 is 13.2 Å². The number of para-hydroxylation sites is 2. The van der Waals surface area contributed by atoms with E-state index >= 15 is 0 Å². The molecule has 0 aliphatic heterocycles. The van der Waals surface area contributed by atoms with Gasteiger partial charge in [0.25, 0.3) is 5.89 Å². The Hall–Kier alpha value is -1.71. The second-order valence-corrected chi connectivity index (χ2v) is 5.21. The Morgan fingerprint density at radius 3 is 2.67 bits per heavy atom. The fourth-order valence-corrected chi connectivity index (χ4v) is 2.18. The van der Waals surface area contributed by atoms with E-state index in [4.69, 9.17) is 4.42 Å². The second-order valence-electron chi connectivity index (χ2n) is 5.21. The maximum absolute atomic E-state index is 14.0. The van der Waals surface area contributed by atoms with Gasteiger partial charge in [0.15, 0.2) is 5.58 Å². The molecular weight excluding hydrogens is 272 g/mol. The number of allylic oxidation sites excluding steroid dienone is 2. The first-order valence-corrected chi connectivity index (χ1v) is 7.55. The molecule has 0 amide bonds. The van der Waals surface area contributed by atoms with E-state index in [9.17, 15) is 8.78 Å². The first-order chi connectivity index (χ1) is 10.1. The summed E-state index contributed by atoms with van der Waals surface area (Å²) in [5.41, 5.74) is 0.847. The number of aromatic nitrogens is 1. The van der Waals surface area contributed by atoms with Crippen molar-refractivity contribution in [3.05, 3.63) is 42.3 Å². The molecule has 0 atom stereocenters. The molecule has 0 aliphatic carbocycles. The highest BCUT2D eigenvalue weighted by Crippen LogP contribution is 2.31. The Morgan fingerprint density at radius 2 is 1.90 bits per heavy atom. The van der Waals surface area contributed by atoms with E-state index in [0.717, 1.165) is 18.9 Å². The van der Waals surface area contributed by atoms with Crippen molar-refractivity contribution in [3.8, 4) is 0 Å². The van der Waals surface area contributed by atoms with Gasteiger partial charge in [0.05, 0.1) is 0 Å². The first-order valence-electron chi connectivity index (χ1n) is 7.55. The fraction of sp³-hybridized carbons (Fsp3) is 0.471. The normalized spacial score (nSPS) is 12.5. The number of rotatable bonds is 8. The van der Waals surface area contributed by atoms with Crippen LogP contribution in [0, 0.1) is 0 Å². The molecule has 0 saturated heterocycles. The van der Waals surface area contributed by atoms with Gasteiger partial charge < -0.3 is 4.42 Å². The molecule has 1 aromatic carbocycles. The third-order valence-corrected chi connectivity index (χ3v) is 3.38. The lowest BCUT2D eigenvalue weighted by atomic mass is 10.1. The highest BCUT2D eigenvalue weighted by Gasteiger charge is 2.34. The van der Waals surface area contributed by atoms with E-state index in [0.29, 0.717) is 17.5 Å². The Kier molecular flexibility index (Phi) is 5.48. The topological polar surface area (TPSA) is 26.0 Å². The summed E-state index contributed by atoms with van der Waals surface area (Å²) < 4.78 is 33.1. The van der Waals surface area contributed by atoms with Gasteiger partial charge >= 0.3 is 5.92 Å². The van der Waals surface area contributed by atoms with Crippen LogP contribution >= 0.6 is 0 Å². The number of hydrogen-bond acceptors (Lipinski definition) is 2. The molecule has 1 aromatic heterocycles. The van der Waals surface area contributed by atoms with Gasteiger partial charge in [-0.1, -0.05) is 50.8 Å². The zero-order valence-corrected chi connectivity index (χ0v) is 12.3. The molecule has 2 aromatic rings. The van der Waals surface area contributed by atoms with E-state index in [1.165, 1.54) is 25.3 Å². The smallest absolute Gasteiger partial charge is 0.340 e. The van der Waals surface area contributed by atoms with Crippen molar-refractivity contribution in [2.24, 2.45) is 0 Å². The minimum absolute atomic E-state index is 0.389. The van der Waals surface area contributed by atoms with E-state index in [1.54, 1.807) is 24.3 Å². The van der Waals surface area contributed by atoms with Crippen LogP contribution in [0.1, 0.15) is 51.3 Å². The number of hydrogen-bond donors (Lipinski definition) is 0. The average Bonchev–Trinajstić information content (AvgIpc) is 2.91. The number of fused-ring (bicyclic) bond motifs is 1. The fourth-order valence-electron chi connectivity index (χ4n) is 2.18. The molecule has 114 valence electrons. The van der Waals surface area contributed by atoms with E-state index in [-0.39, 0.29) is 0 Å². The summed E-state index contributed by atoms with van der Waals surface area (Å²) in [5, 5.41) is 0. The summed E-state index contributed by atoms with van der Waals surface area (Å²) in [6, 6.07) is 6.79. The molecule has 21 heavy (non-hydrogen) atoms. The van der Waals surface area contributed by atoms with E-state index in [2.05, 4.69) is 11.9 Å². The molecule has 0 fully saturated rings. The lowest BCUT2D eigenvalue weighted by Gasteiger charge is -2.06. The van der Waals surface area contributed by atoms with Crippen LogP contribution in [0.2, 0.25) is 0 Å². The van der Waals surface area contributed by atoms with Crippen LogP contribution in [0.4, 0.5) is 8.78 Å². The molecule has 2 rings (SSSR count). The molecular formula is C17H21F2NO. The van der Waals surface area contributed by atoms with Gasteiger partial charge in [-0.15, -0.1) is 0 Å². The number of unbranched alkanes of at least 4 members (excludes halogenated alkanes) is 5. The van der Waals surface area contributed by atoms with Crippen molar-refractivity contribution >= 4 is 11.1 Å². The predicted molar refractivity (Wildman–Crippen MR) is 80.4 cm³/mol. The van der Waals surface area contributed by atoms with Gasteiger partial charge in [0.1, 0.15) is 5.52 Å². The van der Waals surface area contributed by atoms with Crippen molar-refractivity contribution in [1.29, 1.82) is 0 Å². The van der Waals surface area contributed by atoms with E-state index < -0.39 is 11.8 Å². The summed E-state index contributed by atoms with van der Waals surface area (Å²) >= 11 is 0. The molecule has 2 nitrogen and oxygen atoms in total. The van der Waals surface area contributed by atoms with Crippen LogP contribution < -0.4 is 0 Å². The monoisotopic (exact) mass is 293 g/mol. The second kappa shape index (κ2) is 7.34. The maximum Gasteiger partial charge on any atom is 0.340 e. The van der Waals surface area contributed by atoms with Crippen molar-refractivity contribution in [1.82, 2.24) is 4.98 Å². The Labute approximate surface area is 123 Å². The Balaban J connectivity index is 1.91. The quantitative estimate of drug-likeness (QED) is 0.451. The molecule has 0 spiro atoms. The summed E-state index contributed by atoms with van der Waals surface area (Å²) in [6.45, 7) is 2.15. The number of benzene rings is 1. The highest BCUT2D eigenvalue weighted by atomic mass is 19.3. The summed E-state index contributed by atoms with van der Waals surface area (Å²) in [6.07, 6.45) is 8.70. The Bertz CT molecular complexity index is 556. The molecule has 0 bridgehead atoms. The van der Waals surface area contributed by atoms with Gasteiger partial charge in [-0.2, -0.15) is 8.78 Å². The largest absolute Gasteiger partial charge is 0.435 e. The lowest BCUT2D eigenvalue weighted by molar-refractivity contribution is 0.0231. The molecule has 0 N–H and O–H groups in total. The molecule has 0 saturated carbocycles. The van der Waals surface area contributed by atoms with Crippen LogP contribution in [0.25, 0.3) is 11.1 Å². The molecule has 0 unspecified atom stereocenters. The van der Waals surface area contributed by atoms with E-state index in [1.807, 2.05) is 0 Å². The van der Waals surface area contributed by atoms with Crippen LogP contribution in [0.5, 0.6) is 0 Å². The standard InChI is InChI=1S/C17H21F2NO/c1-2-3-4-5-6-7-10-13-17(18,19)16-20-14-11-8-9-12-15(14)21-16/h8-13H,2-7H2,1H3/b13-10+. The van der Waals surface area contributed by atoms with Crippen molar-refractivity contribution in [2.45, 2.75) is 51.4 Å². The first kappa shape index (κ1) is 15.7. The van der Waals surface area contributed by atoms with Crippen molar-refractivity contribution in [2.75, 3.05) is 0 Å². The van der Waals surface area contributed by atoms with Gasteiger partial charge in [-0.25, -0.2) is 4.98 Å². The van der Waals surface area contributed by atoms with Crippen molar-refractivity contribution in [3.63, 3.8) is 0 Å². The van der Waals surface area contributed by atoms with Crippen LogP contribution in [0.15, 0.2) is 40.8 Å². The third-order valence-electron chi connectivity index (χ3n) is 3.38. The number of oxazole rings is 1. The highest BCUT2D eigenvalue weighted by molar-refractivity contribution is 5.72. The van der Waals surface area contributed by atoms with Crippen LogP contribution in [-0.2, 0) is 5.92 Å². The van der Waals surface area contributed by atoms with Crippen LogP contribution in [0.3, 0.4) is 0 Å². The lowest BCUT2D eigenvalue weighted by Crippen LogP contribution is -2.09. The number of nitrogens with zero attached hydrogens (tertiary/aromatic N) is 1. The van der Waals surface area contributed by atoms with Gasteiger partial charge in [0, 0.05) is 0 Å². The average molecular weight is 293 g/mol.